The molecule has 0 unspecified atom stereocenters. The van der Waals surface area contributed by atoms with Crippen molar-refractivity contribution in [3.63, 3.8) is 0 Å². The zero-order valence-electron chi connectivity index (χ0n) is 6.01. The van der Waals surface area contributed by atoms with Crippen molar-refractivity contribution in [2.45, 2.75) is 0 Å². The van der Waals surface area contributed by atoms with E-state index in [1.807, 2.05) is 18.3 Å². The Hall–Kier alpha value is -1.64. The molecule has 0 aromatic carbocycles. The first-order chi connectivity index (χ1) is 5.43. The van der Waals surface area contributed by atoms with Gasteiger partial charge in [-0.05, 0) is 18.2 Å². The second-order valence-electron chi connectivity index (χ2n) is 1.88. The Labute approximate surface area is 65.2 Å². The lowest BCUT2D eigenvalue weighted by molar-refractivity contribution is 0.935. The molecule has 56 valence electrons. The number of aromatic nitrogens is 2. The number of nitrogens with one attached hydrogen (secondary N) is 1. The Morgan fingerprint density at radius 2 is 2.18 bits per heavy atom. The summed E-state index contributed by atoms with van der Waals surface area (Å²) in [6, 6.07) is 1.85. The highest BCUT2D eigenvalue weighted by Gasteiger charge is 1.76. The fraction of sp³-hybridized carbons (Fsp3) is 0. The van der Waals surface area contributed by atoms with E-state index >= 15 is 0 Å². The van der Waals surface area contributed by atoms with Crippen LogP contribution in [-0.2, 0) is 0 Å². The summed E-state index contributed by atoms with van der Waals surface area (Å²) in [5.74, 6) is 0. The van der Waals surface area contributed by atoms with Crippen molar-refractivity contribution in [1.82, 2.24) is 9.78 Å². The summed E-state index contributed by atoms with van der Waals surface area (Å²) in [5.41, 5.74) is 0. The number of hydrogen-bond donors (Lipinski definition) is 1. The molecule has 1 aromatic heterocycles. The van der Waals surface area contributed by atoms with E-state index in [9.17, 15) is 0 Å². The maximum absolute atomic E-state index is 6.69. The molecule has 0 fully saturated rings. The van der Waals surface area contributed by atoms with Crippen molar-refractivity contribution in [3.8, 4) is 0 Å². The molecule has 0 radical (unpaired) electrons. The highest BCUT2D eigenvalue weighted by atomic mass is 15.2. The highest BCUT2D eigenvalue weighted by Crippen LogP contribution is 1.85. The molecular formula is C8H9N3. The van der Waals surface area contributed by atoms with Gasteiger partial charge in [0, 0.05) is 24.8 Å². The van der Waals surface area contributed by atoms with Crippen molar-refractivity contribution in [2.24, 2.45) is 0 Å². The summed E-state index contributed by atoms with van der Waals surface area (Å²) in [6.45, 7) is 0. The summed E-state index contributed by atoms with van der Waals surface area (Å²) in [6.07, 6.45) is 11.8. The van der Waals surface area contributed by atoms with Gasteiger partial charge in [0.1, 0.15) is 0 Å². The lowest BCUT2D eigenvalue weighted by Crippen LogP contribution is -1.82. The Morgan fingerprint density at radius 3 is 2.82 bits per heavy atom. The average molecular weight is 147 g/mol. The van der Waals surface area contributed by atoms with E-state index in [-0.39, 0.29) is 0 Å². The molecule has 0 spiro atoms. The molecule has 1 N–H and O–H groups in total. The highest BCUT2D eigenvalue weighted by molar-refractivity contribution is 5.68. The molecule has 0 amide bonds. The molecule has 0 aliphatic heterocycles. The van der Waals surface area contributed by atoms with Gasteiger partial charge in [-0.2, -0.15) is 5.10 Å². The van der Waals surface area contributed by atoms with Gasteiger partial charge in [-0.3, -0.25) is 0 Å². The fourth-order valence-corrected chi connectivity index (χ4v) is 0.626. The third-order valence-corrected chi connectivity index (χ3v) is 1.08. The van der Waals surface area contributed by atoms with Gasteiger partial charge >= 0.3 is 0 Å². The molecule has 1 aromatic rings. The van der Waals surface area contributed by atoms with Crippen LogP contribution in [0.4, 0.5) is 0 Å². The van der Waals surface area contributed by atoms with Crippen LogP contribution in [0.5, 0.6) is 0 Å². The molecule has 1 rings (SSSR count). The summed E-state index contributed by atoms with van der Waals surface area (Å²) in [7, 11) is 0. The summed E-state index contributed by atoms with van der Waals surface area (Å²) in [4.78, 5) is 0. The number of nitrogens with zero attached hydrogens (tertiary/aromatic N) is 2. The van der Waals surface area contributed by atoms with Crippen molar-refractivity contribution >= 4 is 12.4 Å². The van der Waals surface area contributed by atoms with Crippen LogP contribution < -0.4 is 0 Å². The van der Waals surface area contributed by atoms with Gasteiger partial charge in [0.15, 0.2) is 0 Å². The first-order valence-corrected chi connectivity index (χ1v) is 3.26. The van der Waals surface area contributed by atoms with Crippen LogP contribution >= 0.6 is 0 Å². The summed E-state index contributed by atoms with van der Waals surface area (Å²) >= 11 is 0. The smallest absolute Gasteiger partial charge is 0.0493 e. The van der Waals surface area contributed by atoms with E-state index in [0.717, 1.165) is 0 Å². The van der Waals surface area contributed by atoms with E-state index in [2.05, 4.69) is 5.10 Å². The van der Waals surface area contributed by atoms with E-state index in [0.29, 0.717) is 0 Å². The topological polar surface area (TPSA) is 41.7 Å². The molecule has 0 saturated carbocycles. The van der Waals surface area contributed by atoms with Crippen LogP contribution in [0.1, 0.15) is 0 Å². The summed E-state index contributed by atoms with van der Waals surface area (Å²) < 4.78 is 1.69. The fourth-order valence-electron chi connectivity index (χ4n) is 0.626. The molecule has 0 bridgehead atoms. The van der Waals surface area contributed by atoms with Crippen LogP contribution in [0.25, 0.3) is 6.20 Å². The average Bonchev–Trinajstić information content (AvgIpc) is 2.50. The van der Waals surface area contributed by atoms with E-state index in [4.69, 9.17) is 5.41 Å². The Balaban J connectivity index is 2.49. The maximum Gasteiger partial charge on any atom is 0.0493 e. The molecule has 0 aliphatic carbocycles. The van der Waals surface area contributed by atoms with Gasteiger partial charge in [-0.1, -0.05) is 6.08 Å². The molecule has 0 atom stereocenters. The third-order valence-electron chi connectivity index (χ3n) is 1.08. The maximum atomic E-state index is 6.69. The van der Waals surface area contributed by atoms with Crippen molar-refractivity contribution in [1.29, 1.82) is 5.41 Å². The van der Waals surface area contributed by atoms with Gasteiger partial charge in [0.25, 0.3) is 0 Å². The second kappa shape index (κ2) is 4.22. The third kappa shape index (κ3) is 2.62. The predicted molar refractivity (Wildman–Crippen MR) is 45.5 cm³/mol. The molecule has 0 aliphatic rings. The van der Waals surface area contributed by atoms with Gasteiger partial charge < -0.3 is 5.41 Å². The molecule has 0 saturated heterocycles. The van der Waals surface area contributed by atoms with Gasteiger partial charge in [0.2, 0.25) is 0 Å². The molecule has 1 heterocycles. The largest absolute Gasteiger partial charge is 0.309 e. The molecule has 3 nitrogen and oxygen atoms in total. The number of hydrogen-bond acceptors (Lipinski definition) is 2. The van der Waals surface area contributed by atoms with Crippen LogP contribution in [0.3, 0.4) is 0 Å². The Kier molecular flexibility index (Phi) is 2.86. The second-order valence-corrected chi connectivity index (χ2v) is 1.88. The van der Waals surface area contributed by atoms with Crippen LogP contribution in [0.15, 0.2) is 36.7 Å². The SMILES string of the molecule is N=C/C=C\C=C\n1cccn1. The van der Waals surface area contributed by atoms with Gasteiger partial charge in [-0.15, -0.1) is 0 Å². The minimum atomic E-state index is 1.23. The quantitative estimate of drug-likeness (QED) is 0.511. The van der Waals surface area contributed by atoms with Crippen LogP contribution in [-0.4, -0.2) is 16.0 Å². The molecule has 11 heavy (non-hydrogen) atoms. The first-order valence-electron chi connectivity index (χ1n) is 3.26. The monoisotopic (exact) mass is 147 g/mol. The molecular weight excluding hydrogens is 138 g/mol. The van der Waals surface area contributed by atoms with Gasteiger partial charge in [-0.25, -0.2) is 4.68 Å². The lowest BCUT2D eigenvalue weighted by atomic mass is 10.5. The Bertz CT molecular complexity index is 257. The zero-order valence-corrected chi connectivity index (χ0v) is 6.01. The van der Waals surface area contributed by atoms with Crippen LogP contribution in [0, 0.1) is 5.41 Å². The minimum Gasteiger partial charge on any atom is -0.309 e. The van der Waals surface area contributed by atoms with Gasteiger partial charge in [0.05, 0.1) is 0 Å². The van der Waals surface area contributed by atoms with Crippen molar-refractivity contribution in [2.75, 3.05) is 0 Å². The van der Waals surface area contributed by atoms with E-state index in [1.165, 1.54) is 6.21 Å². The Morgan fingerprint density at radius 1 is 1.27 bits per heavy atom. The predicted octanol–water partition coefficient (Wildman–Crippen LogP) is 1.56. The minimum absolute atomic E-state index is 1.23. The van der Waals surface area contributed by atoms with Crippen LogP contribution in [0.2, 0.25) is 0 Å². The van der Waals surface area contributed by atoms with E-state index in [1.54, 1.807) is 29.2 Å². The summed E-state index contributed by atoms with van der Waals surface area (Å²) in [5, 5.41) is 10.6. The zero-order chi connectivity index (χ0) is 7.94. The standard InChI is InChI=1S/C8H9N3/c9-5-2-1-3-7-11-8-4-6-10-11/h1-9H/b2-1-,7-3+,9-5?. The first kappa shape index (κ1) is 7.47. The normalized spacial score (nSPS) is 11.3. The lowest BCUT2D eigenvalue weighted by Gasteiger charge is -1.84. The van der Waals surface area contributed by atoms with Crippen molar-refractivity contribution in [3.05, 3.63) is 36.7 Å². The number of allylic oxidation sites excluding steroid dienone is 3. The number of rotatable bonds is 3. The molecule has 3 heteroatoms. The van der Waals surface area contributed by atoms with E-state index < -0.39 is 0 Å². The van der Waals surface area contributed by atoms with Crippen molar-refractivity contribution < 1.29 is 0 Å².